The van der Waals surface area contributed by atoms with Gasteiger partial charge >= 0.3 is 5.97 Å². The van der Waals surface area contributed by atoms with Crippen molar-refractivity contribution in [3.63, 3.8) is 0 Å². The van der Waals surface area contributed by atoms with Crippen LogP contribution in [0.25, 0.3) is 0 Å². The predicted octanol–water partition coefficient (Wildman–Crippen LogP) is -0.377. The Morgan fingerprint density at radius 1 is 0.725 bits per heavy atom. The van der Waals surface area contributed by atoms with E-state index >= 15 is 0 Å². The largest absolute Gasteiger partial charge is 0.457 e. The molecule has 0 amide bonds. The molecule has 10 atom stereocenters. The summed E-state index contributed by atoms with van der Waals surface area (Å²) in [5.41, 5.74) is 1.65. The Morgan fingerprint density at radius 2 is 1.30 bits per heavy atom. The van der Waals surface area contributed by atoms with Gasteiger partial charge in [0.2, 0.25) is 0 Å². The van der Waals surface area contributed by atoms with E-state index in [1.807, 2.05) is 60.7 Å². The van der Waals surface area contributed by atoms with Crippen molar-refractivity contribution in [3.8, 4) is 0 Å². The smallest absolute Gasteiger partial charge is 0.303 e. The minimum absolute atomic E-state index is 0.0983. The third-order valence-corrected chi connectivity index (χ3v) is 6.76. The van der Waals surface area contributed by atoms with E-state index in [4.69, 9.17) is 28.4 Å². The first-order valence-corrected chi connectivity index (χ1v) is 13.0. The molecular weight excluding hydrogens is 528 g/mol. The highest BCUT2D eigenvalue weighted by Gasteiger charge is 2.50. The van der Waals surface area contributed by atoms with Gasteiger partial charge < -0.3 is 54.0 Å². The maximum Gasteiger partial charge on any atom is 0.303 e. The van der Waals surface area contributed by atoms with Crippen molar-refractivity contribution in [3.05, 3.63) is 71.8 Å². The van der Waals surface area contributed by atoms with Crippen LogP contribution in [0.1, 0.15) is 18.1 Å². The van der Waals surface area contributed by atoms with E-state index in [1.165, 1.54) is 6.92 Å². The minimum Gasteiger partial charge on any atom is -0.457 e. The Hall–Kier alpha value is -2.49. The van der Waals surface area contributed by atoms with Crippen molar-refractivity contribution in [2.45, 2.75) is 81.5 Å². The number of carbonyl (C=O) groups excluding carboxylic acids is 1. The zero-order chi connectivity index (χ0) is 28.6. The Morgan fingerprint density at radius 3 is 1.85 bits per heavy atom. The van der Waals surface area contributed by atoms with Crippen molar-refractivity contribution in [2.24, 2.45) is 0 Å². The van der Waals surface area contributed by atoms with Crippen LogP contribution in [-0.4, -0.2) is 106 Å². The maximum atomic E-state index is 12.1. The molecule has 0 unspecified atom stereocenters. The fraction of sp³-hybridized carbons (Fsp3) is 0.536. The normalized spacial score (nSPS) is 34.4. The number of hydrogen-bond acceptors (Lipinski definition) is 12. The number of rotatable bonds is 11. The summed E-state index contributed by atoms with van der Waals surface area (Å²) in [6.45, 7) is 0.458. The molecule has 2 heterocycles. The third kappa shape index (κ3) is 7.62. The summed E-state index contributed by atoms with van der Waals surface area (Å²) in [4.78, 5) is 12.1. The van der Waals surface area contributed by atoms with Gasteiger partial charge in [-0.25, -0.2) is 0 Å². The fourth-order valence-corrected chi connectivity index (χ4v) is 4.66. The summed E-state index contributed by atoms with van der Waals surface area (Å²) in [5, 5.41) is 50.9. The highest BCUT2D eigenvalue weighted by Crippen LogP contribution is 2.30. The number of hydrogen-bond donors (Lipinski definition) is 5. The van der Waals surface area contributed by atoms with Crippen LogP contribution in [0, 0.1) is 0 Å². The van der Waals surface area contributed by atoms with Gasteiger partial charge in [0.05, 0.1) is 26.4 Å². The van der Waals surface area contributed by atoms with Crippen molar-refractivity contribution >= 4 is 5.97 Å². The average Bonchev–Trinajstić information content (AvgIpc) is 2.95. The summed E-state index contributed by atoms with van der Waals surface area (Å²) in [7, 11) is 0. The molecule has 2 aromatic carbocycles. The average molecular weight is 565 g/mol. The van der Waals surface area contributed by atoms with E-state index in [2.05, 4.69) is 0 Å². The van der Waals surface area contributed by atoms with E-state index < -0.39 is 74.0 Å². The van der Waals surface area contributed by atoms with Crippen LogP contribution in [0.5, 0.6) is 0 Å². The molecule has 0 aromatic heterocycles. The molecule has 0 spiro atoms. The van der Waals surface area contributed by atoms with Gasteiger partial charge in [0.25, 0.3) is 0 Å². The molecule has 0 saturated carbocycles. The van der Waals surface area contributed by atoms with Gasteiger partial charge in [-0.3, -0.25) is 4.79 Å². The summed E-state index contributed by atoms with van der Waals surface area (Å²) >= 11 is 0. The molecule has 2 aliphatic heterocycles. The van der Waals surface area contributed by atoms with Crippen LogP contribution < -0.4 is 0 Å². The summed E-state index contributed by atoms with van der Waals surface area (Å²) in [6, 6.07) is 18.5. The minimum atomic E-state index is -1.64. The molecular formula is C28H36O12. The molecule has 4 rings (SSSR count). The topological polar surface area (TPSA) is 174 Å². The van der Waals surface area contributed by atoms with Crippen LogP contribution in [0.2, 0.25) is 0 Å². The van der Waals surface area contributed by atoms with Crippen LogP contribution in [0.3, 0.4) is 0 Å². The highest BCUT2D eigenvalue weighted by atomic mass is 16.7. The molecule has 2 aromatic rings. The van der Waals surface area contributed by atoms with E-state index in [-0.39, 0.29) is 19.8 Å². The van der Waals surface area contributed by atoms with E-state index in [1.54, 1.807) is 0 Å². The molecule has 2 aliphatic rings. The van der Waals surface area contributed by atoms with E-state index in [9.17, 15) is 30.3 Å². The second kappa shape index (κ2) is 14.4. The molecule has 2 saturated heterocycles. The molecule has 0 bridgehead atoms. The van der Waals surface area contributed by atoms with Crippen LogP contribution in [0.15, 0.2) is 60.7 Å². The summed E-state index contributed by atoms with van der Waals surface area (Å²) in [5.74, 6) is -0.630. The number of esters is 1. The van der Waals surface area contributed by atoms with Crippen LogP contribution in [-0.2, 0) is 46.4 Å². The molecule has 0 radical (unpaired) electrons. The zero-order valence-corrected chi connectivity index (χ0v) is 22.0. The molecule has 0 aliphatic carbocycles. The first-order chi connectivity index (χ1) is 19.3. The van der Waals surface area contributed by atoms with Crippen molar-refractivity contribution in [1.82, 2.24) is 0 Å². The third-order valence-electron chi connectivity index (χ3n) is 6.76. The lowest BCUT2D eigenvalue weighted by Crippen LogP contribution is -2.63. The number of carbonyl (C=O) groups is 1. The van der Waals surface area contributed by atoms with Gasteiger partial charge in [0.15, 0.2) is 18.7 Å². The van der Waals surface area contributed by atoms with Crippen molar-refractivity contribution in [1.29, 1.82) is 0 Å². The highest BCUT2D eigenvalue weighted by molar-refractivity contribution is 5.66. The molecule has 12 heteroatoms. The molecule has 220 valence electrons. The number of aliphatic hydroxyl groups is 5. The van der Waals surface area contributed by atoms with Gasteiger partial charge in [-0.15, -0.1) is 0 Å². The summed E-state index contributed by atoms with van der Waals surface area (Å²) < 4.78 is 34.6. The molecule has 12 nitrogen and oxygen atoms in total. The number of aliphatic hydroxyl groups excluding tert-OH is 5. The standard InChI is InChI=1S/C28H36O12/c1-16(30)38-25-24(35-13-17-8-4-2-5-9-17)20(15-37-28-23(33)22(32)21(31)19(12-29)40-28)39-27(34)26(25)36-14-18-10-6-3-7-11-18/h2-11,19-29,31-34H,12-15H2,1H3/t19-,20-,21-,22+,23+,24-,25+,26+,27+,28+/m1/s1. The lowest BCUT2D eigenvalue weighted by Gasteiger charge is -2.45. The predicted molar refractivity (Wildman–Crippen MR) is 136 cm³/mol. The number of ether oxygens (including phenoxy) is 6. The fourth-order valence-electron chi connectivity index (χ4n) is 4.66. The Balaban J connectivity index is 1.53. The van der Waals surface area contributed by atoms with Crippen molar-refractivity contribution in [2.75, 3.05) is 13.2 Å². The second-order valence-electron chi connectivity index (χ2n) is 9.69. The second-order valence-corrected chi connectivity index (χ2v) is 9.69. The Bertz CT molecular complexity index is 1040. The van der Waals surface area contributed by atoms with Crippen LogP contribution in [0.4, 0.5) is 0 Å². The molecule has 40 heavy (non-hydrogen) atoms. The van der Waals surface area contributed by atoms with Gasteiger partial charge in [-0.05, 0) is 11.1 Å². The van der Waals surface area contributed by atoms with Gasteiger partial charge in [0.1, 0.15) is 42.7 Å². The molecule has 2 fully saturated rings. The lowest BCUT2D eigenvalue weighted by atomic mass is 9.97. The van der Waals surface area contributed by atoms with Crippen molar-refractivity contribution < 1.29 is 58.7 Å². The number of benzene rings is 2. The first kappa shape index (κ1) is 30.5. The van der Waals surface area contributed by atoms with E-state index in [0.717, 1.165) is 11.1 Å². The Labute approximate surface area is 231 Å². The van der Waals surface area contributed by atoms with Crippen LogP contribution >= 0.6 is 0 Å². The van der Waals surface area contributed by atoms with Gasteiger partial charge in [0, 0.05) is 6.92 Å². The SMILES string of the molecule is CC(=O)O[C@@H]1[C@H](OCc2ccccc2)[C@@H](O)O[C@H](CO[C@H]2O[C@H](CO)[C@@H](O)[C@H](O)[C@@H]2O)[C@H]1OCc1ccccc1. The van der Waals surface area contributed by atoms with Gasteiger partial charge in [-0.2, -0.15) is 0 Å². The quantitative estimate of drug-likeness (QED) is 0.224. The van der Waals surface area contributed by atoms with Gasteiger partial charge in [-0.1, -0.05) is 60.7 Å². The Kier molecular flexibility index (Phi) is 11.0. The first-order valence-electron chi connectivity index (χ1n) is 13.0. The molecule has 5 N–H and O–H groups in total. The monoisotopic (exact) mass is 564 g/mol. The lowest BCUT2D eigenvalue weighted by molar-refractivity contribution is -0.334. The van der Waals surface area contributed by atoms with E-state index in [0.29, 0.717) is 0 Å². The summed E-state index contributed by atoms with van der Waals surface area (Å²) in [6.07, 6.45) is -13.3. The maximum absolute atomic E-state index is 12.1. The zero-order valence-electron chi connectivity index (χ0n) is 22.0.